The molecular weight excluding hydrogens is 452 g/mol. The van der Waals surface area contributed by atoms with Crippen molar-refractivity contribution in [1.29, 1.82) is 0 Å². The average molecular weight is 471 g/mol. The summed E-state index contributed by atoms with van der Waals surface area (Å²) < 4.78 is 27.2. The summed E-state index contributed by atoms with van der Waals surface area (Å²) in [5.41, 5.74) is 2.08. The number of para-hydroxylation sites is 1. The minimum atomic E-state index is -3.52. The van der Waals surface area contributed by atoms with Crippen LogP contribution in [0, 0.1) is 0 Å². The third kappa shape index (κ3) is 5.07. The first-order valence-corrected chi connectivity index (χ1v) is 12.5. The molecule has 5 nitrogen and oxygen atoms in total. The quantitative estimate of drug-likeness (QED) is 0.388. The lowest BCUT2D eigenvalue weighted by atomic mass is 10.2. The first kappa shape index (κ1) is 21.4. The van der Waals surface area contributed by atoms with Crippen molar-refractivity contribution in [2.24, 2.45) is 0 Å². The average Bonchev–Trinajstić information content (AvgIpc) is 3.17. The number of nitrogens with one attached hydrogen (secondary N) is 1. The maximum atomic E-state index is 12.6. The third-order valence-electron chi connectivity index (χ3n) is 4.68. The number of amides is 1. The van der Waals surface area contributed by atoms with E-state index in [9.17, 15) is 13.2 Å². The van der Waals surface area contributed by atoms with E-state index >= 15 is 0 Å². The first-order valence-electron chi connectivity index (χ1n) is 9.42. The van der Waals surface area contributed by atoms with Gasteiger partial charge in [0.05, 0.1) is 23.4 Å². The maximum Gasteiger partial charge on any atom is 0.265 e. The summed E-state index contributed by atoms with van der Waals surface area (Å²) in [5.74, 6) is -0.199. The van der Waals surface area contributed by atoms with Crippen LogP contribution < -0.4 is 9.62 Å². The van der Waals surface area contributed by atoms with Gasteiger partial charge in [-0.15, -0.1) is 11.3 Å². The van der Waals surface area contributed by atoms with Gasteiger partial charge in [0, 0.05) is 15.4 Å². The van der Waals surface area contributed by atoms with E-state index in [4.69, 9.17) is 11.6 Å². The number of hydrogen-bond acceptors (Lipinski definition) is 4. The predicted octanol–water partition coefficient (Wildman–Crippen LogP) is 5.77. The van der Waals surface area contributed by atoms with Crippen molar-refractivity contribution in [2.75, 3.05) is 15.9 Å². The summed E-state index contributed by atoms with van der Waals surface area (Å²) in [6.07, 6.45) is 1.18. The van der Waals surface area contributed by atoms with E-state index in [1.165, 1.54) is 21.9 Å². The Morgan fingerprint density at radius 2 is 1.71 bits per heavy atom. The molecular formula is C23H19ClN2O3S2. The van der Waals surface area contributed by atoms with Crippen LogP contribution in [0.15, 0.2) is 78.9 Å². The standard InChI is InChI=1S/C23H19ClN2O3S2/c1-31(28,29)26(15-16-7-9-18(24)10-8-16)20-11-12-21-17(13-20)14-22(30-21)23(27)25-19-5-3-2-4-6-19/h2-14H,15H2,1H3,(H,25,27). The second kappa shape index (κ2) is 8.70. The van der Waals surface area contributed by atoms with E-state index in [0.29, 0.717) is 15.6 Å². The zero-order valence-corrected chi connectivity index (χ0v) is 19.0. The Morgan fingerprint density at radius 3 is 2.39 bits per heavy atom. The smallest absolute Gasteiger partial charge is 0.265 e. The Hall–Kier alpha value is -2.87. The fourth-order valence-corrected chi connectivity index (χ4v) is 5.11. The fraction of sp³-hybridized carbons (Fsp3) is 0.0870. The molecule has 8 heteroatoms. The number of rotatable bonds is 6. The molecule has 1 aromatic heterocycles. The van der Waals surface area contributed by atoms with Gasteiger partial charge in [-0.1, -0.05) is 41.9 Å². The van der Waals surface area contributed by atoms with Crippen LogP contribution in [0.4, 0.5) is 11.4 Å². The Balaban J connectivity index is 1.63. The molecule has 1 amide bonds. The number of hydrogen-bond donors (Lipinski definition) is 1. The van der Waals surface area contributed by atoms with Crippen molar-refractivity contribution in [3.8, 4) is 0 Å². The van der Waals surface area contributed by atoms with Gasteiger partial charge in [0.15, 0.2) is 0 Å². The van der Waals surface area contributed by atoms with E-state index in [1.807, 2.05) is 36.4 Å². The largest absolute Gasteiger partial charge is 0.321 e. The molecule has 1 heterocycles. The highest BCUT2D eigenvalue weighted by Gasteiger charge is 2.19. The van der Waals surface area contributed by atoms with Gasteiger partial charge in [0.1, 0.15) is 0 Å². The molecule has 0 aliphatic rings. The van der Waals surface area contributed by atoms with Gasteiger partial charge in [-0.2, -0.15) is 0 Å². The van der Waals surface area contributed by atoms with E-state index < -0.39 is 10.0 Å². The lowest BCUT2D eigenvalue weighted by Gasteiger charge is -2.22. The van der Waals surface area contributed by atoms with Gasteiger partial charge in [0.25, 0.3) is 5.91 Å². The normalized spacial score (nSPS) is 11.4. The predicted molar refractivity (Wildman–Crippen MR) is 129 cm³/mol. The lowest BCUT2D eigenvalue weighted by molar-refractivity contribution is 0.103. The van der Waals surface area contributed by atoms with Crippen LogP contribution in [0.1, 0.15) is 15.2 Å². The van der Waals surface area contributed by atoms with E-state index in [-0.39, 0.29) is 12.5 Å². The molecule has 4 rings (SSSR count). The van der Waals surface area contributed by atoms with Crippen LogP contribution in [0.25, 0.3) is 10.1 Å². The number of anilines is 2. The van der Waals surface area contributed by atoms with Crippen molar-refractivity contribution < 1.29 is 13.2 Å². The molecule has 0 fully saturated rings. The fourth-order valence-electron chi connectivity index (χ4n) is 3.17. The Morgan fingerprint density at radius 1 is 1.00 bits per heavy atom. The Kier molecular flexibility index (Phi) is 6.00. The molecule has 0 saturated heterocycles. The molecule has 1 N–H and O–H groups in total. The summed E-state index contributed by atoms with van der Waals surface area (Å²) in [6, 6.07) is 23.5. The van der Waals surface area contributed by atoms with Crippen LogP contribution in [-0.2, 0) is 16.6 Å². The molecule has 31 heavy (non-hydrogen) atoms. The van der Waals surface area contributed by atoms with E-state index in [0.717, 1.165) is 21.3 Å². The highest BCUT2D eigenvalue weighted by Crippen LogP contribution is 2.31. The van der Waals surface area contributed by atoms with Crippen molar-refractivity contribution in [3.63, 3.8) is 0 Å². The monoisotopic (exact) mass is 470 g/mol. The maximum absolute atomic E-state index is 12.6. The number of nitrogens with zero attached hydrogens (tertiary/aromatic N) is 1. The van der Waals surface area contributed by atoms with Gasteiger partial charge in [-0.3, -0.25) is 9.10 Å². The van der Waals surface area contributed by atoms with Crippen molar-refractivity contribution in [3.05, 3.63) is 94.3 Å². The summed E-state index contributed by atoms with van der Waals surface area (Å²) >= 11 is 7.30. The number of sulfonamides is 1. The number of thiophene rings is 1. The molecule has 0 unspecified atom stereocenters. The van der Waals surface area contributed by atoms with Crippen LogP contribution in [0.5, 0.6) is 0 Å². The zero-order chi connectivity index (χ0) is 22.0. The van der Waals surface area contributed by atoms with Crippen LogP contribution in [-0.4, -0.2) is 20.6 Å². The molecule has 4 aromatic rings. The first-order chi connectivity index (χ1) is 14.8. The van der Waals surface area contributed by atoms with Crippen LogP contribution in [0.3, 0.4) is 0 Å². The van der Waals surface area contributed by atoms with Gasteiger partial charge >= 0.3 is 0 Å². The summed E-state index contributed by atoms with van der Waals surface area (Å²) in [4.78, 5) is 13.2. The summed E-state index contributed by atoms with van der Waals surface area (Å²) in [5, 5.41) is 4.28. The topological polar surface area (TPSA) is 66.5 Å². The molecule has 0 bridgehead atoms. The van der Waals surface area contributed by atoms with E-state index in [1.54, 1.807) is 42.5 Å². The number of carbonyl (C=O) groups excluding carboxylic acids is 1. The zero-order valence-electron chi connectivity index (χ0n) is 16.6. The minimum absolute atomic E-state index is 0.187. The summed E-state index contributed by atoms with van der Waals surface area (Å²) in [7, 11) is -3.52. The lowest BCUT2D eigenvalue weighted by Crippen LogP contribution is -2.29. The number of fused-ring (bicyclic) bond motifs is 1. The molecule has 0 radical (unpaired) electrons. The van der Waals surface area contributed by atoms with Gasteiger partial charge in [-0.05, 0) is 59.5 Å². The molecule has 158 valence electrons. The highest BCUT2D eigenvalue weighted by molar-refractivity contribution is 7.92. The van der Waals surface area contributed by atoms with Gasteiger partial charge in [-0.25, -0.2) is 8.42 Å². The van der Waals surface area contributed by atoms with Crippen LogP contribution in [0.2, 0.25) is 5.02 Å². The molecule has 3 aromatic carbocycles. The molecule has 0 aliphatic carbocycles. The van der Waals surface area contributed by atoms with Gasteiger partial charge < -0.3 is 5.32 Å². The molecule has 0 atom stereocenters. The van der Waals surface area contributed by atoms with Crippen molar-refractivity contribution in [2.45, 2.75) is 6.54 Å². The third-order valence-corrected chi connectivity index (χ3v) is 7.19. The molecule has 0 saturated carbocycles. The Bertz CT molecular complexity index is 1330. The molecule has 0 spiro atoms. The minimum Gasteiger partial charge on any atom is -0.321 e. The number of halogens is 1. The van der Waals surface area contributed by atoms with E-state index in [2.05, 4.69) is 5.32 Å². The highest BCUT2D eigenvalue weighted by atomic mass is 35.5. The second-order valence-electron chi connectivity index (χ2n) is 7.05. The van der Waals surface area contributed by atoms with Crippen LogP contribution >= 0.6 is 22.9 Å². The summed E-state index contributed by atoms with van der Waals surface area (Å²) in [6.45, 7) is 0.187. The second-order valence-corrected chi connectivity index (χ2v) is 10.5. The number of benzene rings is 3. The molecule has 0 aliphatic heterocycles. The van der Waals surface area contributed by atoms with Crippen molar-refractivity contribution in [1.82, 2.24) is 0 Å². The van der Waals surface area contributed by atoms with Gasteiger partial charge in [0.2, 0.25) is 10.0 Å². The number of carbonyl (C=O) groups is 1. The SMILES string of the molecule is CS(=O)(=O)N(Cc1ccc(Cl)cc1)c1ccc2sc(C(=O)Nc3ccccc3)cc2c1. The van der Waals surface area contributed by atoms with Crippen molar-refractivity contribution >= 4 is 60.3 Å². The Labute approximate surface area is 189 Å².